The van der Waals surface area contributed by atoms with Crippen molar-refractivity contribution < 1.29 is 14.3 Å². The Morgan fingerprint density at radius 3 is 2.39 bits per heavy atom. The Morgan fingerprint density at radius 1 is 1.28 bits per heavy atom. The van der Waals surface area contributed by atoms with Crippen LogP contribution in [-0.2, 0) is 9.53 Å². The molecule has 0 saturated heterocycles. The first-order valence-electron chi connectivity index (χ1n) is 6.07. The number of methoxy groups -OCH3 is 1. The predicted molar refractivity (Wildman–Crippen MR) is 70.5 cm³/mol. The molecule has 0 heterocycles. The molecule has 18 heavy (non-hydrogen) atoms. The molecule has 1 aromatic carbocycles. The van der Waals surface area contributed by atoms with Crippen LogP contribution >= 0.6 is 0 Å². The highest BCUT2D eigenvalue weighted by molar-refractivity contribution is 5.93. The molecule has 0 radical (unpaired) electrons. The Morgan fingerprint density at radius 2 is 1.89 bits per heavy atom. The Bertz CT molecular complexity index is 412. The van der Waals surface area contributed by atoms with Crippen molar-refractivity contribution in [1.29, 1.82) is 0 Å². The van der Waals surface area contributed by atoms with Gasteiger partial charge in [-0.15, -0.1) is 0 Å². The summed E-state index contributed by atoms with van der Waals surface area (Å²) in [4.78, 5) is 23.0. The monoisotopic (exact) mass is 249 g/mol. The first-order valence-corrected chi connectivity index (χ1v) is 6.07. The molecule has 1 unspecified atom stereocenters. The summed E-state index contributed by atoms with van der Waals surface area (Å²) in [5.74, 6) is -0.384. The Labute approximate surface area is 107 Å². The fourth-order valence-corrected chi connectivity index (χ4v) is 1.64. The van der Waals surface area contributed by atoms with Gasteiger partial charge in [-0.1, -0.05) is 20.3 Å². The van der Waals surface area contributed by atoms with E-state index >= 15 is 0 Å². The minimum Gasteiger partial charge on any atom is -0.465 e. The number of hydrogen-bond acceptors (Lipinski definition) is 3. The lowest BCUT2D eigenvalue weighted by molar-refractivity contribution is -0.119. The first-order chi connectivity index (χ1) is 8.58. The van der Waals surface area contributed by atoms with Gasteiger partial charge in [0.15, 0.2) is 0 Å². The van der Waals surface area contributed by atoms with Gasteiger partial charge in [0.05, 0.1) is 12.7 Å². The SMILES string of the molecule is CCCC(C)C(=O)Nc1ccc(C(=O)OC)cc1. The van der Waals surface area contributed by atoms with E-state index in [4.69, 9.17) is 0 Å². The molecule has 0 fully saturated rings. The quantitative estimate of drug-likeness (QED) is 0.816. The van der Waals surface area contributed by atoms with Gasteiger partial charge >= 0.3 is 5.97 Å². The number of carbonyl (C=O) groups excluding carboxylic acids is 2. The Hall–Kier alpha value is -1.84. The number of carbonyl (C=O) groups is 2. The van der Waals surface area contributed by atoms with Crippen LogP contribution in [-0.4, -0.2) is 19.0 Å². The van der Waals surface area contributed by atoms with Crippen LogP contribution in [0.5, 0.6) is 0 Å². The van der Waals surface area contributed by atoms with Crippen LogP contribution < -0.4 is 5.32 Å². The van der Waals surface area contributed by atoms with Crippen molar-refractivity contribution >= 4 is 17.6 Å². The van der Waals surface area contributed by atoms with Gasteiger partial charge in [-0.3, -0.25) is 4.79 Å². The molecule has 1 amide bonds. The largest absolute Gasteiger partial charge is 0.465 e. The van der Waals surface area contributed by atoms with Gasteiger partial charge in [0.25, 0.3) is 0 Å². The zero-order valence-corrected chi connectivity index (χ0v) is 11.0. The van der Waals surface area contributed by atoms with Crippen molar-refractivity contribution in [3.8, 4) is 0 Å². The molecule has 0 bridgehead atoms. The number of benzene rings is 1. The summed E-state index contributed by atoms with van der Waals surface area (Å²) in [5.41, 5.74) is 1.16. The summed E-state index contributed by atoms with van der Waals surface area (Å²) in [6.45, 7) is 3.95. The fourth-order valence-electron chi connectivity index (χ4n) is 1.64. The van der Waals surface area contributed by atoms with Crippen LogP contribution in [0, 0.1) is 5.92 Å². The smallest absolute Gasteiger partial charge is 0.337 e. The zero-order valence-electron chi connectivity index (χ0n) is 11.0. The molecule has 98 valence electrons. The van der Waals surface area contributed by atoms with E-state index in [-0.39, 0.29) is 17.8 Å². The van der Waals surface area contributed by atoms with Crippen LogP contribution in [0.2, 0.25) is 0 Å². The molecule has 0 aliphatic rings. The molecule has 1 aromatic rings. The molecule has 1 N–H and O–H groups in total. The van der Waals surface area contributed by atoms with E-state index in [1.54, 1.807) is 24.3 Å². The number of anilines is 1. The number of nitrogens with one attached hydrogen (secondary N) is 1. The van der Waals surface area contributed by atoms with E-state index in [0.717, 1.165) is 12.8 Å². The number of ether oxygens (including phenoxy) is 1. The predicted octanol–water partition coefficient (Wildman–Crippen LogP) is 2.85. The summed E-state index contributed by atoms with van der Waals surface area (Å²) in [7, 11) is 1.34. The summed E-state index contributed by atoms with van der Waals surface area (Å²) >= 11 is 0. The lowest BCUT2D eigenvalue weighted by atomic mass is 10.1. The zero-order chi connectivity index (χ0) is 13.5. The van der Waals surface area contributed by atoms with Gasteiger partial charge in [-0.2, -0.15) is 0 Å². The number of esters is 1. The molecule has 0 saturated carbocycles. The minimum absolute atomic E-state index is 0.00247. The molecule has 0 aromatic heterocycles. The molecule has 0 aliphatic heterocycles. The van der Waals surface area contributed by atoms with Crippen LogP contribution in [0.25, 0.3) is 0 Å². The van der Waals surface area contributed by atoms with Crippen molar-refractivity contribution in [1.82, 2.24) is 0 Å². The average molecular weight is 249 g/mol. The number of hydrogen-bond donors (Lipinski definition) is 1. The average Bonchev–Trinajstić information content (AvgIpc) is 2.39. The van der Waals surface area contributed by atoms with E-state index in [1.165, 1.54) is 7.11 Å². The fraction of sp³-hybridized carbons (Fsp3) is 0.429. The molecule has 4 heteroatoms. The molecule has 0 aliphatic carbocycles. The Kier molecular flexibility index (Phi) is 5.36. The second kappa shape index (κ2) is 6.79. The molecule has 4 nitrogen and oxygen atoms in total. The molecule has 1 rings (SSSR count). The summed E-state index contributed by atoms with van der Waals surface area (Å²) in [6.07, 6.45) is 1.85. The van der Waals surface area contributed by atoms with Gasteiger partial charge in [0.2, 0.25) is 5.91 Å². The van der Waals surface area contributed by atoms with Gasteiger partial charge in [-0.25, -0.2) is 4.79 Å². The van der Waals surface area contributed by atoms with Crippen LogP contribution in [0.3, 0.4) is 0 Å². The molecule has 1 atom stereocenters. The molecule has 0 spiro atoms. The maximum Gasteiger partial charge on any atom is 0.337 e. The van der Waals surface area contributed by atoms with Gasteiger partial charge in [0, 0.05) is 11.6 Å². The topological polar surface area (TPSA) is 55.4 Å². The first kappa shape index (κ1) is 14.2. The third kappa shape index (κ3) is 3.87. The minimum atomic E-state index is -0.382. The van der Waals surface area contributed by atoms with Gasteiger partial charge < -0.3 is 10.1 Å². The molecular formula is C14H19NO3. The van der Waals surface area contributed by atoms with E-state index < -0.39 is 0 Å². The maximum atomic E-state index is 11.8. The van der Waals surface area contributed by atoms with Gasteiger partial charge in [0.1, 0.15) is 0 Å². The van der Waals surface area contributed by atoms with Crippen molar-refractivity contribution in [3.63, 3.8) is 0 Å². The van der Waals surface area contributed by atoms with Crippen molar-refractivity contribution in [2.45, 2.75) is 26.7 Å². The summed E-state index contributed by atoms with van der Waals surface area (Å²) in [6, 6.07) is 6.66. The van der Waals surface area contributed by atoms with Crippen LogP contribution in [0.1, 0.15) is 37.0 Å². The molecular weight excluding hydrogens is 230 g/mol. The second-order valence-electron chi connectivity index (χ2n) is 4.25. The van der Waals surface area contributed by atoms with Crippen molar-refractivity contribution in [3.05, 3.63) is 29.8 Å². The lowest BCUT2D eigenvalue weighted by Gasteiger charge is -2.11. The van der Waals surface area contributed by atoms with Crippen LogP contribution in [0.15, 0.2) is 24.3 Å². The highest BCUT2D eigenvalue weighted by atomic mass is 16.5. The van der Waals surface area contributed by atoms with Crippen molar-refractivity contribution in [2.75, 3.05) is 12.4 Å². The van der Waals surface area contributed by atoms with Gasteiger partial charge in [-0.05, 0) is 30.7 Å². The summed E-state index contributed by atoms with van der Waals surface area (Å²) < 4.78 is 4.60. The van der Waals surface area contributed by atoms with Crippen LogP contribution in [0.4, 0.5) is 5.69 Å². The highest BCUT2D eigenvalue weighted by Crippen LogP contribution is 2.13. The standard InChI is InChI=1S/C14H19NO3/c1-4-5-10(2)13(16)15-12-8-6-11(7-9-12)14(17)18-3/h6-10H,4-5H2,1-3H3,(H,15,16). The number of amides is 1. The van der Waals surface area contributed by atoms with E-state index in [2.05, 4.69) is 17.0 Å². The van der Waals surface area contributed by atoms with E-state index in [0.29, 0.717) is 11.3 Å². The number of rotatable bonds is 5. The van der Waals surface area contributed by atoms with E-state index in [1.807, 2.05) is 6.92 Å². The normalized spacial score (nSPS) is 11.7. The summed E-state index contributed by atoms with van der Waals surface area (Å²) in [5, 5.41) is 2.82. The maximum absolute atomic E-state index is 11.8. The third-order valence-corrected chi connectivity index (χ3v) is 2.74. The van der Waals surface area contributed by atoms with E-state index in [9.17, 15) is 9.59 Å². The second-order valence-corrected chi connectivity index (χ2v) is 4.25. The lowest BCUT2D eigenvalue weighted by Crippen LogP contribution is -2.20. The highest BCUT2D eigenvalue weighted by Gasteiger charge is 2.12. The third-order valence-electron chi connectivity index (χ3n) is 2.74. The van der Waals surface area contributed by atoms with Crippen molar-refractivity contribution in [2.24, 2.45) is 5.92 Å². The Balaban J connectivity index is 2.63.